The largest absolute Gasteiger partial charge is 0.303 e. The molecule has 0 aliphatic carbocycles. The smallest absolute Gasteiger partial charge is 0.120 e. The molecule has 0 radical (unpaired) electrons. The average Bonchev–Trinajstić information content (AvgIpc) is 2.11. The fourth-order valence-corrected chi connectivity index (χ4v) is 1.79. The standard InChI is InChI=1S/C13H18O/c1-9(5-6-14)13-8-11(3)10(2)7-12(13)4/h6-9H,5H2,1-4H3. The Morgan fingerprint density at radius 1 is 1.14 bits per heavy atom. The third-order valence-corrected chi connectivity index (χ3v) is 2.86. The second-order valence-corrected chi connectivity index (χ2v) is 4.10. The first-order chi connectivity index (χ1) is 6.56. The molecule has 1 aromatic rings. The Morgan fingerprint density at radius 2 is 1.71 bits per heavy atom. The molecule has 0 amide bonds. The Bertz CT molecular complexity index is 339. The molecule has 1 nitrogen and oxygen atoms in total. The molecular weight excluding hydrogens is 172 g/mol. The van der Waals surface area contributed by atoms with Crippen molar-refractivity contribution in [3.8, 4) is 0 Å². The van der Waals surface area contributed by atoms with E-state index in [1.165, 1.54) is 22.3 Å². The van der Waals surface area contributed by atoms with Crippen molar-refractivity contribution in [2.24, 2.45) is 0 Å². The molecule has 0 aliphatic rings. The number of rotatable bonds is 3. The molecule has 0 bridgehead atoms. The summed E-state index contributed by atoms with van der Waals surface area (Å²) in [6.45, 7) is 8.46. The molecule has 0 saturated carbocycles. The predicted molar refractivity (Wildman–Crippen MR) is 59.7 cm³/mol. The quantitative estimate of drug-likeness (QED) is 0.668. The summed E-state index contributed by atoms with van der Waals surface area (Å²) < 4.78 is 0. The molecule has 0 spiro atoms. The van der Waals surface area contributed by atoms with E-state index in [9.17, 15) is 4.79 Å². The van der Waals surface area contributed by atoms with Crippen LogP contribution in [0.5, 0.6) is 0 Å². The van der Waals surface area contributed by atoms with Crippen LogP contribution in [0.25, 0.3) is 0 Å². The highest BCUT2D eigenvalue weighted by atomic mass is 16.1. The molecule has 0 fully saturated rings. The SMILES string of the molecule is Cc1cc(C)c(C(C)CC=O)cc1C. The number of hydrogen-bond acceptors (Lipinski definition) is 1. The fraction of sp³-hybridized carbons (Fsp3) is 0.462. The first-order valence-corrected chi connectivity index (χ1v) is 5.07. The van der Waals surface area contributed by atoms with Crippen LogP contribution in [-0.2, 0) is 4.79 Å². The van der Waals surface area contributed by atoms with Gasteiger partial charge in [0, 0.05) is 6.42 Å². The van der Waals surface area contributed by atoms with Gasteiger partial charge >= 0.3 is 0 Å². The number of carbonyl (C=O) groups excluding carboxylic acids is 1. The lowest BCUT2D eigenvalue weighted by atomic mass is 9.91. The molecular formula is C13H18O. The Labute approximate surface area is 86.1 Å². The number of aldehydes is 1. The molecule has 1 unspecified atom stereocenters. The van der Waals surface area contributed by atoms with Gasteiger partial charge in [0.25, 0.3) is 0 Å². The molecule has 0 N–H and O–H groups in total. The summed E-state index contributed by atoms with van der Waals surface area (Å²) >= 11 is 0. The maximum Gasteiger partial charge on any atom is 0.120 e. The zero-order valence-electron chi connectivity index (χ0n) is 9.42. The number of benzene rings is 1. The summed E-state index contributed by atoms with van der Waals surface area (Å²) in [5, 5.41) is 0. The van der Waals surface area contributed by atoms with E-state index in [2.05, 4.69) is 39.8 Å². The Morgan fingerprint density at radius 3 is 2.29 bits per heavy atom. The number of aryl methyl sites for hydroxylation is 3. The van der Waals surface area contributed by atoms with E-state index in [0.717, 1.165) is 6.29 Å². The maximum absolute atomic E-state index is 10.5. The fourth-order valence-electron chi connectivity index (χ4n) is 1.79. The minimum absolute atomic E-state index is 0.340. The van der Waals surface area contributed by atoms with Gasteiger partial charge in [-0.1, -0.05) is 19.1 Å². The van der Waals surface area contributed by atoms with Gasteiger partial charge in [-0.2, -0.15) is 0 Å². The summed E-state index contributed by atoms with van der Waals surface area (Å²) in [4.78, 5) is 10.5. The van der Waals surface area contributed by atoms with Crippen LogP contribution < -0.4 is 0 Å². The first kappa shape index (κ1) is 11.0. The van der Waals surface area contributed by atoms with Gasteiger partial charge < -0.3 is 4.79 Å². The third-order valence-electron chi connectivity index (χ3n) is 2.86. The molecule has 76 valence electrons. The topological polar surface area (TPSA) is 17.1 Å². The van der Waals surface area contributed by atoms with Gasteiger partial charge in [-0.3, -0.25) is 0 Å². The van der Waals surface area contributed by atoms with Gasteiger partial charge in [0.15, 0.2) is 0 Å². The zero-order valence-corrected chi connectivity index (χ0v) is 9.42. The lowest BCUT2D eigenvalue weighted by Gasteiger charge is -2.14. The minimum Gasteiger partial charge on any atom is -0.303 e. The Balaban J connectivity index is 3.08. The summed E-state index contributed by atoms with van der Waals surface area (Å²) in [6, 6.07) is 4.41. The normalized spacial score (nSPS) is 12.6. The Hall–Kier alpha value is -1.11. The van der Waals surface area contributed by atoms with Gasteiger partial charge in [-0.05, 0) is 48.9 Å². The van der Waals surface area contributed by atoms with E-state index in [0.29, 0.717) is 12.3 Å². The molecule has 0 aromatic heterocycles. The second kappa shape index (κ2) is 4.41. The van der Waals surface area contributed by atoms with E-state index >= 15 is 0 Å². The summed E-state index contributed by atoms with van der Waals surface area (Å²) in [6.07, 6.45) is 1.61. The van der Waals surface area contributed by atoms with Crippen molar-refractivity contribution in [1.29, 1.82) is 0 Å². The van der Waals surface area contributed by atoms with E-state index < -0.39 is 0 Å². The molecule has 0 aliphatic heterocycles. The van der Waals surface area contributed by atoms with Crippen molar-refractivity contribution in [2.45, 2.75) is 40.0 Å². The van der Waals surface area contributed by atoms with Crippen molar-refractivity contribution in [2.75, 3.05) is 0 Å². The maximum atomic E-state index is 10.5. The van der Waals surface area contributed by atoms with E-state index in [1.54, 1.807) is 0 Å². The Kier molecular flexibility index (Phi) is 3.45. The van der Waals surface area contributed by atoms with Crippen molar-refractivity contribution in [3.63, 3.8) is 0 Å². The van der Waals surface area contributed by atoms with Crippen LogP contribution in [-0.4, -0.2) is 6.29 Å². The van der Waals surface area contributed by atoms with Crippen molar-refractivity contribution in [1.82, 2.24) is 0 Å². The molecule has 1 atom stereocenters. The van der Waals surface area contributed by atoms with Crippen molar-refractivity contribution >= 4 is 6.29 Å². The van der Waals surface area contributed by atoms with Crippen LogP contribution in [0.1, 0.15) is 41.5 Å². The monoisotopic (exact) mass is 190 g/mol. The summed E-state index contributed by atoms with van der Waals surface area (Å²) in [5.74, 6) is 0.340. The van der Waals surface area contributed by atoms with Gasteiger partial charge in [0.1, 0.15) is 6.29 Å². The molecule has 14 heavy (non-hydrogen) atoms. The number of carbonyl (C=O) groups is 1. The van der Waals surface area contributed by atoms with Gasteiger partial charge in [-0.15, -0.1) is 0 Å². The lowest BCUT2D eigenvalue weighted by molar-refractivity contribution is -0.108. The van der Waals surface area contributed by atoms with E-state index in [4.69, 9.17) is 0 Å². The predicted octanol–water partition coefficient (Wildman–Crippen LogP) is 3.30. The van der Waals surface area contributed by atoms with Crippen LogP contribution in [0.3, 0.4) is 0 Å². The molecule has 0 saturated heterocycles. The highest BCUT2D eigenvalue weighted by Crippen LogP contribution is 2.24. The first-order valence-electron chi connectivity index (χ1n) is 5.07. The van der Waals surface area contributed by atoms with Crippen LogP contribution in [0.2, 0.25) is 0 Å². The molecule has 1 aromatic carbocycles. The third kappa shape index (κ3) is 2.22. The second-order valence-electron chi connectivity index (χ2n) is 4.10. The zero-order chi connectivity index (χ0) is 10.7. The van der Waals surface area contributed by atoms with E-state index in [1.807, 2.05) is 0 Å². The van der Waals surface area contributed by atoms with Crippen molar-refractivity contribution < 1.29 is 4.79 Å². The van der Waals surface area contributed by atoms with E-state index in [-0.39, 0.29) is 0 Å². The van der Waals surface area contributed by atoms with Gasteiger partial charge in [0.2, 0.25) is 0 Å². The summed E-state index contributed by atoms with van der Waals surface area (Å²) in [7, 11) is 0. The van der Waals surface area contributed by atoms with Gasteiger partial charge in [0.05, 0.1) is 0 Å². The van der Waals surface area contributed by atoms with Gasteiger partial charge in [-0.25, -0.2) is 0 Å². The highest BCUT2D eigenvalue weighted by Gasteiger charge is 2.09. The summed E-state index contributed by atoms with van der Waals surface area (Å²) in [5.41, 5.74) is 5.23. The molecule has 1 heteroatoms. The van der Waals surface area contributed by atoms with Crippen LogP contribution >= 0.6 is 0 Å². The molecule has 0 heterocycles. The van der Waals surface area contributed by atoms with Crippen molar-refractivity contribution in [3.05, 3.63) is 34.4 Å². The van der Waals surface area contributed by atoms with Crippen LogP contribution in [0.15, 0.2) is 12.1 Å². The molecule has 1 rings (SSSR count). The van der Waals surface area contributed by atoms with Crippen LogP contribution in [0, 0.1) is 20.8 Å². The highest BCUT2D eigenvalue weighted by molar-refractivity contribution is 5.52. The van der Waals surface area contributed by atoms with Crippen LogP contribution in [0.4, 0.5) is 0 Å². The number of hydrogen-bond donors (Lipinski definition) is 0. The lowest BCUT2D eigenvalue weighted by Crippen LogP contribution is -1.99. The average molecular weight is 190 g/mol. The minimum atomic E-state index is 0.340.